The van der Waals surface area contributed by atoms with Gasteiger partial charge in [-0.05, 0) is 25.1 Å². The number of morpholine rings is 1. The van der Waals surface area contributed by atoms with Crippen LogP contribution in [0.4, 0.5) is 11.4 Å². The molecule has 11 heteroatoms. The molecular formula is C17H19N5O5S. The SMILES string of the molecule is C/C(=N/Nc1ccc([N+](=O)[O-])cc1S(=O)(=O)N1CCOCC1)c1ccncc1. The second kappa shape index (κ2) is 8.42. The van der Waals surface area contributed by atoms with Gasteiger partial charge in [0.25, 0.3) is 5.69 Å². The fraction of sp³-hybridized carbons (Fsp3) is 0.294. The van der Waals surface area contributed by atoms with Crippen molar-refractivity contribution < 1.29 is 18.1 Å². The van der Waals surface area contributed by atoms with Gasteiger partial charge in [0.2, 0.25) is 10.0 Å². The van der Waals surface area contributed by atoms with Crippen LogP contribution in [0.1, 0.15) is 12.5 Å². The molecular weight excluding hydrogens is 386 g/mol. The Morgan fingerprint density at radius 1 is 1.25 bits per heavy atom. The fourth-order valence-electron chi connectivity index (χ4n) is 2.66. The number of nitrogens with zero attached hydrogens (tertiary/aromatic N) is 4. The topological polar surface area (TPSA) is 127 Å². The summed E-state index contributed by atoms with van der Waals surface area (Å²) in [7, 11) is -3.95. The third-order valence-corrected chi connectivity index (χ3v) is 6.14. The highest BCUT2D eigenvalue weighted by molar-refractivity contribution is 7.89. The largest absolute Gasteiger partial charge is 0.379 e. The lowest BCUT2D eigenvalue weighted by atomic mass is 10.2. The minimum Gasteiger partial charge on any atom is -0.379 e. The molecule has 1 N–H and O–H groups in total. The van der Waals surface area contributed by atoms with Crippen molar-refractivity contribution in [2.45, 2.75) is 11.8 Å². The number of benzene rings is 1. The molecule has 148 valence electrons. The average Bonchev–Trinajstić information content (AvgIpc) is 2.73. The van der Waals surface area contributed by atoms with Gasteiger partial charge < -0.3 is 4.74 Å². The lowest BCUT2D eigenvalue weighted by molar-refractivity contribution is -0.385. The van der Waals surface area contributed by atoms with Gasteiger partial charge in [0.1, 0.15) is 4.90 Å². The maximum Gasteiger partial charge on any atom is 0.270 e. The van der Waals surface area contributed by atoms with Crippen molar-refractivity contribution in [3.05, 3.63) is 58.4 Å². The van der Waals surface area contributed by atoms with E-state index in [9.17, 15) is 18.5 Å². The first-order valence-electron chi connectivity index (χ1n) is 8.46. The molecule has 28 heavy (non-hydrogen) atoms. The Kier molecular flexibility index (Phi) is 5.97. The molecule has 1 aliphatic heterocycles. The van der Waals surface area contributed by atoms with Crippen molar-refractivity contribution >= 4 is 27.1 Å². The molecule has 1 aliphatic rings. The van der Waals surface area contributed by atoms with Crippen LogP contribution in [0.3, 0.4) is 0 Å². The fourth-order valence-corrected chi connectivity index (χ4v) is 4.23. The van der Waals surface area contributed by atoms with E-state index in [0.717, 1.165) is 11.6 Å². The lowest BCUT2D eigenvalue weighted by Gasteiger charge is -2.26. The number of hydrogen-bond acceptors (Lipinski definition) is 8. The van der Waals surface area contributed by atoms with Crippen LogP contribution in [0.25, 0.3) is 0 Å². The quantitative estimate of drug-likeness (QED) is 0.441. The maximum atomic E-state index is 13.0. The molecule has 1 aromatic carbocycles. The number of hydrazone groups is 1. The second-order valence-corrected chi connectivity index (χ2v) is 7.91. The molecule has 2 heterocycles. The Morgan fingerprint density at radius 3 is 2.57 bits per heavy atom. The van der Waals surface area contributed by atoms with Crippen LogP contribution in [0, 0.1) is 10.1 Å². The van der Waals surface area contributed by atoms with E-state index in [4.69, 9.17) is 4.74 Å². The van der Waals surface area contributed by atoms with Crippen LogP contribution in [-0.2, 0) is 14.8 Å². The van der Waals surface area contributed by atoms with E-state index >= 15 is 0 Å². The molecule has 10 nitrogen and oxygen atoms in total. The van der Waals surface area contributed by atoms with Crippen molar-refractivity contribution in [3.8, 4) is 0 Å². The number of anilines is 1. The average molecular weight is 405 g/mol. The molecule has 0 bridgehead atoms. The molecule has 2 aromatic rings. The Bertz CT molecular complexity index is 988. The summed E-state index contributed by atoms with van der Waals surface area (Å²) in [6.07, 6.45) is 3.24. The zero-order chi connectivity index (χ0) is 20.1. The Balaban J connectivity index is 1.98. The smallest absolute Gasteiger partial charge is 0.270 e. The molecule has 1 saturated heterocycles. The number of aromatic nitrogens is 1. The summed E-state index contributed by atoms with van der Waals surface area (Å²) in [4.78, 5) is 14.2. The van der Waals surface area contributed by atoms with E-state index in [-0.39, 0.29) is 42.6 Å². The highest BCUT2D eigenvalue weighted by atomic mass is 32.2. The van der Waals surface area contributed by atoms with Gasteiger partial charge in [-0.25, -0.2) is 8.42 Å². The number of ether oxygens (including phenoxy) is 1. The predicted molar refractivity (Wildman–Crippen MR) is 103 cm³/mol. The second-order valence-electron chi connectivity index (χ2n) is 6.00. The summed E-state index contributed by atoms with van der Waals surface area (Å²) in [5.41, 5.74) is 3.99. The molecule has 0 amide bonds. The van der Waals surface area contributed by atoms with Crippen LogP contribution in [0.2, 0.25) is 0 Å². The number of nitro groups is 1. The van der Waals surface area contributed by atoms with Gasteiger partial charge in [0.15, 0.2) is 0 Å². The third-order valence-electron chi connectivity index (χ3n) is 4.21. The molecule has 1 fully saturated rings. The summed E-state index contributed by atoms with van der Waals surface area (Å²) in [5.74, 6) is 0. The number of nitrogens with one attached hydrogen (secondary N) is 1. The zero-order valence-electron chi connectivity index (χ0n) is 15.1. The van der Waals surface area contributed by atoms with E-state index in [0.29, 0.717) is 5.71 Å². The highest BCUT2D eigenvalue weighted by Crippen LogP contribution is 2.29. The van der Waals surface area contributed by atoms with E-state index in [1.807, 2.05) is 0 Å². The van der Waals surface area contributed by atoms with Crippen LogP contribution in [0.5, 0.6) is 0 Å². The summed E-state index contributed by atoms with van der Waals surface area (Å²) in [6, 6.07) is 7.15. The summed E-state index contributed by atoms with van der Waals surface area (Å²) >= 11 is 0. The van der Waals surface area contributed by atoms with Gasteiger partial charge in [0.05, 0.1) is 29.5 Å². The minimum absolute atomic E-state index is 0.158. The summed E-state index contributed by atoms with van der Waals surface area (Å²) in [6.45, 7) is 2.67. The van der Waals surface area contributed by atoms with Crippen LogP contribution >= 0.6 is 0 Å². The Hall–Kier alpha value is -2.89. The van der Waals surface area contributed by atoms with Crippen molar-refractivity contribution in [1.29, 1.82) is 0 Å². The van der Waals surface area contributed by atoms with Gasteiger partial charge in [-0.3, -0.25) is 20.5 Å². The first-order valence-corrected chi connectivity index (χ1v) is 9.90. The summed E-state index contributed by atoms with van der Waals surface area (Å²) in [5, 5.41) is 15.4. The van der Waals surface area contributed by atoms with E-state index < -0.39 is 14.9 Å². The molecule has 0 atom stereocenters. The number of non-ortho nitro benzene ring substituents is 1. The Labute approximate surface area is 162 Å². The minimum atomic E-state index is -3.95. The van der Waals surface area contributed by atoms with Gasteiger partial charge in [-0.1, -0.05) is 0 Å². The molecule has 0 saturated carbocycles. The van der Waals surface area contributed by atoms with Crippen molar-refractivity contribution in [3.63, 3.8) is 0 Å². The Morgan fingerprint density at radius 2 is 1.93 bits per heavy atom. The van der Waals surface area contributed by atoms with Gasteiger partial charge in [-0.2, -0.15) is 9.41 Å². The van der Waals surface area contributed by atoms with Crippen molar-refractivity contribution in [2.24, 2.45) is 5.10 Å². The monoisotopic (exact) mass is 405 g/mol. The van der Waals surface area contributed by atoms with Crippen molar-refractivity contribution in [2.75, 3.05) is 31.7 Å². The van der Waals surface area contributed by atoms with Gasteiger partial charge in [-0.15, -0.1) is 0 Å². The summed E-state index contributed by atoms with van der Waals surface area (Å²) < 4.78 is 32.5. The van der Waals surface area contributed by atoms with E-state index in [2.05, 4.69) is 15.5 Å². The van der Waals surface area contributed by atoms with E-state index in [1.54, 1.807) is 31.5 Å². The standard InChI is InChI=1S/C17H19N5O5S/c1-13(14-4-6-18-7-5-14)19-20-16-3-2-15(22(23)24)12-17(16)28(25,26)21-8-10-27-11-9-21/h2-7,12,20H,8-11H2,1H3/b19-13-. The number of pyridine rings is 1. The molecule has 0 aliphatic carbocycles. The van der Waals surface area contributed by atoms with E-state index in [1.165, 1.54) is 16.4 Å². The number of sulfonamides is 1. The lowest BCUT2D eigenvalue weighted by Crippen LogP contribution is -2.40. The predicted octanol–water partition coefficient (Wildman–Crippen LogP) is 1.85. The molecule has 0 spiro atoms. The molecule has 1 aromatic heterocycles. The normalized spacial score (nSPS) is 16.0. The third kappa shape index (κ3) is 4.32. The first kappa shape index (κ1) is 19.9. The van der Waals surface area contributed by atoms with Crippen LogP contribution < -0.4 is 5.43 Å². The van der Waals surface area contributed by atoms with Gasteiger partial charge >= 0.3 is 0 Å². The van der Waals surface area contributed by atoms with Crippen LogP contribution in [-0.4, -0.2) is 54.6 Å². The molecule has 0 unspecified atom stereocenters. The number of nitro benzene ring substituents is 1. The van der Waals surface area contributed by atoms with Crippen molar-refractivity contribution in [1.82, 2.24) is 9.29 Å². The number of rotatable bonds is 6. The maximum absolute atomic E-state index is 13.0. The van der Waals surface area contributed by atoms with Gasteiger partial charge in [0, 0.05) is 43.2 Å². The number of hydrogen-bond donors (Lipinski definition) is 1. The van der Waals surface area contributed by atoms with Crippen LogP contribution in [0.15, 0.2) is 52.7 Å². The zero-order valence-corrected chi connectivity index (χ0v) is 15.9. The molecule has 3 rings (SSSR count). The molecule has 0 radical (unpaired) electrons. The highest BCUT2D eigenvalue weighted by Gasteiger charge is 2.30. The first-order chi connectivity index (χ1) is 13.4.